The quantitative estimate of drug-likeness (QED) is 0.729. The van der Waals surface area contributed by atoms with Crippen LogP contribution in [0.2, 0.25) is 0 Å². The lowest BCUT2D eigenvalue weighted by Crippen LogP contribution is -1.93. The van der Waals surface area contributed by atoms with E-state index in [9.17, 15) is 0 Å². The zero-order valence-electron chi connectivity index (χ0n) is 14.7. The molecule has 0 aliphatic heterocycles. The van der Waals surface area contributed by atoms with Gasteiger partial charge in [-0.25, -0.2) is 0 Å². The highest BCUT2D eigenvalue weighted by Gasteiger charge is 2.09. The Morgan fingerprint density at radius 1 is 0.696 bits per heavy atom. The Morgan fingerprint density at radius 3 is 1.96 bits per heavy atom. The first-order valence-electron chi connectivity index (χ1n) is 7.56. The van der Waals surface area contributed by atoms with Crippen molar-refractivity contribution in [1.29, 1.82) is 0 Å². The lowest BCUT2D eigenvalue weighted by molar-refractivity contribution is 0.355. The lowest BCUT2D eigenvalue weighted by atomic mass is 9.95. The second-order valence-corrected chi connectivity index (χ2v) is 5.56. The molecule has 2 aromatic rings. The summed E-state index contributed by atoms with van der Waals surface area (Å²) >= 11 is 0. The second kappa shape index (κ2) is 7.23. The summed E-state index contributed by atoms with van der Waals surface area (Å²) < 4.78 is 16.1. The number of benzene rings is 2. The van der Waals surface area contributed by atoms with Gasteiger partial charge in [0.1, 0.15) is 5.75 Å². The molecular formula is C20H24O3. The minimum absolute atomic E-state index is 0.735. The fraction of sp³-hybridized carbons (Fsp3) is 0.300. The summed E-state index contributed by atoms with van der Waals surface area (Å²) in [5, 5.41) is 0. The van der Waals surface area contributed by atoms with Crippen molar-refractivity contribution < 1.29 is 14.2 Å². The van der Waals surface area contributed by atoms with Gasteiger partial charge in [0.25, 0.3) is 0 Å². The molecule has 0 aromatic heterocycles. The maximum Gasteiger partial charge on any atom is 0.161 e. The van der Waals surface area contributed by atoms with Gasteiger partial charge in [-0.05, 0) is 72.9 Å². The van der Waals surface area contributed by atoms with Crippen molar-refractivity contribution in [2.24, 2.45) is 0 Å². The summed E-state index contributed by atoms with van der Waals surface area (Å²) in [7, 11) is 4.99. The Bertz CT molecular complexity index is 730. The fourth-order valence-corrected chi connectivity index (χ4v) is 2.58. The van der Waals surface area contributed by atoms with Crippen molar-refractivity contribution >= 4 is 11.1 Å². The van der Waals surface area contributed by atoms with Gasteiger partial charge in [0, 0.05) is 0 Å². The molecule has 0 saturated heterocycles. The van der Waals surface area contributed by atoms with E-state index in [1.807, 2.05) is 24.3 Å². The molecule has 0 radical (unpaired) electrons. The predicted molar refractivity (Wildman–Crippen MR) is 95.4 cm³/mol. The molecule has 0 bridgehead atoms. The maximum absolute atomic E-state index is 5.40. The van der Waals surface area contributed by atoms with Crippen LogP contribution in [0, 0.1) is 6.92 Å². The molecule has 0 saturated carbocycles. The third kappa shape index (κ3) is 3.67. The van der Waals surface area contributed by atoms with Gasteiger partial charge in [0.2, 0.25) is 0 Å². The van der Waals surface area contributed by atoms with Crippen LogP contribution in [0.15, 0.2) is 36.4 Å². The first-order chi connectivity index (χ1) is 11.0. The van der Waals surface area contributed by atoms with E-state index in [4.69, 9.17) is 14.2 Å². The van der Waals surface area contributed by atoms with Gasteiger partial charge in [-0.2, -0.15) is 0 Å². The fourth-order valence-electron chi connectivity index (χ4n) is 2.58. The summed E-state index contributed by atoms with van der Waals surface area (Å²) in [6.07, 6.45) is 0. The number of hydrogen-bond acceptors (Lipinski definition) is 3. The summed E-state index contributed by atoms with van der Waals surface area (Å²) in [5.74, 6) is 2.34. The van der Waals surface area contributed by atoms with Crippen molar-refractivity contribution in [2.45, 2.75) is 20.8 Å². The molecule has 23 heavy (non-hydrogen) atoms. The second-order valence-electron chi connectivity index (χ2n) is 5.56. The van der Waals surface area contributed by atoms with E-state index in [-0.39, 0.29) is 0 Å². The first-order valence-corrected chi connectivity index (χ1v) is 7.56. The van der Waals surface area contributed by atoms with E-state index in [1.165, 1.54) is 16.7 Å². The monoisotopic (exact) mass is 312 g/mol. The number of rotatable bonds is 5. The van der Waals surface area contributed by atoms with Crippen LogP contribution in [0.3, 0.4) is 0 Å². The molecule has 0 fully saturated rings. The van der Waals surface area contributed by atoms with Crippen LogP contribution in [0.4, 0.5) is 0 Å². The van der Waals surface area contributed by atoms with Crippen LogP contribution in [0.5, 0.6) is 17.2 Å². The minimum atomic E-state index is 0.735. The normalized spacial score (nSPS) is 11.7. The Balaban J connectivity index is 2.50. The molecule has 2 aromatic carbocycles. The highest BCUT2D eigenvalue weighted by Crippen LogP contribution is 2.34. The molecule has 0 spiro atoms. The van der Waals surface area contributed by atoms with Crippen molar-refractivity contribution in [3.63, 3.8) is 0 Å². The van der Waals surface area contributed by atoms with Gasteiger partial charge in [-0.15, -0.1) is 0 Å². The molecule has 0 amide bonds. The Morgan fingerprint density at radius 2 is 1.35 bits per heavy atom. The van der Waals surface area contributed by atoms with Crippen molar-refractivity contribution in [3.05, 3.63) is 53.1 Å². The molecular weight excluding hydrogens is 288 g/mol. The van der Waals surface area contributed by atoms with Crippen LogP contribution in [-0.2, 0) is 0 Å². The van der Waals surface area contributed by atoms with Gasteiger partial charge in [0.05, 0.1) is 21.3 Å². The number of allylic oxidation sites excluding steroid dienone is 2. The summed E-state index contributed by atoms with van der Waals surface area (Å²) in [5.41, 5.74) is 5.85. The third-order valence-corrected chi connectivity index (χ3v) is 4.10. The highest BCUT2D eigenvalue weighted by molar-refractivity contribution is 5.89. The molecule has 0 aliphatic rings. The van der Waals surface area contributed by atoms with Crippen LogP contribution in [0.1, 0.15) is 30.5 Å². The van der Waals surface area contributed by atoms with Crippen LogP contribution in [-0.4, -0.2) is 21.3 Å². The average Bonchev–Trinajstić information content (AvgIpc) is 2.59. The van der Waals surface area contributed by atoms with Crippen molar-refractivity contribution in [2.75, 3.05) is 21.3 Å². The Kier molecular flexibility index (Phi) is 5.32. The van der Waals surface area contributed by atoms with Gasteiger partial charge in [0.15, 0.2) is 11.5 Å². The molecule has 3 nitrogen and oxygen atoms in total. The molecule has 0 unspecified atom stereocenters. The number of aryl methyl sites for hydroxylation is 1. The topological polar surface area (TPSA) is 27.7 Å². The van der Waals surface area contributed by atoms with Crippen LogP contribution < -0.4 is 14.2 Å². The third-order valence-electron chi connectivity index (χ3n) is 4.10. The molecule has 2 rings (SSSR count). The largest absolute Gasteiger partial charge is 0.497 e. The van der Waals surface area contributed by atoms with E-state index in [0.29, 0.717) is 0 Å². The smallest absolute Gasteiger partial charge is 0.161 e. The Labute approximate surface area is 138 Å². The summed E-state index contributed by atoms with van der Waals surface area (Å²) in [6.45, 7) is 6.32. The number of methoxy groups -OCH3 is 3. The van der Waals surface area contributed by atoms with E-state index >= 15 is 0 Å². The molecule has 0 atom stereocenters. The molecule has 122 valence electrons. The van der Waals surface area contributed by atoms with E-state index in [0.717, 1.165) is 28.4 Å². The highest BCUT2D eigenvalue weighted by atomic mass is 16.5. The first kappa shape index (κ1) is 16.9. The number of hydrogen-bond donors (Lipinski definition) is 0. The molecule has 0 heterocycles. The number of ether oxygens (including phenoxy) is 3. The summed E-state index contributed by atoms with van der Waals surface area (Å²) in [6, 6.07) is 12.2. The van der Waals surface area contributed by atoms with E-state index < -0.39 is 0 Å². The van der Waals surface area contributed by atoms with Crippen LogP contribution in [0.25, 0.3) is 11.1 Å². The lowest BCUT2D eigenvalue weighted by Gasteiger charge is -2.13. The van der Waals surface area contributed by atoms with Gasteiger partial charge < -0.3 is 14.2 Å². The predicted octanol–water partition coefficient (Wildman–Crippen LogP) is 4.97. The maximum atomic E-state index is 5.40. The van der Waals surface area contributed by atoms with Gasteiger partial charge in [-0.1, -0.05) is 12.1 Å². The SMILES string of the molecule is COc1cc(C)cc(/C(C)=C(\C)c2ccc(OC)c(OC)c2)c1. The van der Waals surface area contributed by atoms with Gasteiger partial charge >= 0.3 is 0 Å². The zero-order chi connectivity index (χ0) is 17.0. The van der Waals surface area contributed by atoms with Crippen LogP contribution >= 0.6 is 0 Å². The van der Waals surface area contributed by atoms with E-state index in [2.05, 4.69) is 32.9 Å². The zero-order valence-corrected chi connectivity index (χ0v) is 14.7. The van der Waals surface area contributed by atoms with Crippen molar-refractivity contribution in [3.8, 4) is 17.2 Å². The molecule has 0 aliphatic carbocycles. The standard InChI is InChI=1S/C20H24O3/c1-13-9-17(11-18(10-13)21-4)15(3)14(2)16-7-8-19(22-5)20(12-16)23-6/h7-12H,1-6H3/b15-14+. The molecule has 3 heteroatoms. The summed E-state index contributed by atoms with van der Waals surface area (Å²) in [4.78, 5) is 0. The molecule has 0 N–H and O–H groups in total. The average molecular weight is 312 g/mol. The van der Waals surface area contributed by atoms with Gasteiger partial charge in [-0.3, -0.25) is 0 Å². The van der Waals surface area contributed by atoms with E-state index in [1.54, 1.807) is 21.3 Å². The Hall–Kier alpha value is -2.42. The van der Waals surface area contributed by atoms with Crippen molar-refractivity contribution in [1.82, 2.24) is 0 Å². The minimum Gasteiger partial charge on any atom is -0.497 e.